The third-order valence-corrected chi connectivity index (χ3v) is 2.89. The van der Waals surface area contributed by atoms with E-state index in [2.05, 4.69) is 10.4 Å². The summed E-state index contributed by atoms with van der Waals surface area (Å²) >= 11 is 0. The molecule has 1 aromatic carbocycles. The van der Waals surface area contributed by atoms with Gasteiger partial charge in [-0.05, 0) is 32.4 Å². The van der Waals surface area contributed by atoms with Crippen molar-refractivity contribution < 1.29 is 14.3 Å². The molecule has 1 aromatic heterocycles. The third-order valence-electron chi connectivity index (χ3n) is 2.89. The molecule has 0 aliphatic carbocycles. The first-order chi connectivity index (χ1) is 10.9. The van der Waals surface area contributed by atoms with Crippen molar-refractivity contribution in [2.24, 2.45) is 5.84 Å². The van der Waals surface area contributed by atoms with Crippen LogP contribution < -0.4 is 16.0 Å². The lowest BCUT2D eigenvalue weighted by molar-refractivity contribution is 0.00662. The Hall–Kier alpha value is -2.60. The van der Waals surface area contributed by atoms with Gasteiger partial charge < -0.3 is 14.9 Å². The smallest absolute Gasteiger partial charge is 0.346 e. The van der Waals surface area contributed by atoms with Gasteiger partial charge in [-0.1, -0.05) is 30.3 Å². The van der Waals surface area contributed by atoms with E-state index in [4.69, 9.17) is 15.3 Å². The number of aromatic nitrogens is 1. The van der Waals surface area contributed by atoms with Crippen molar-refractivity contribution in [3.8, 4) is 5.75 Å². The zero-order valence-corrected chi connectivity index (χ0v) is 13.5. The Kier molecular flexibility index (Phi) is 5.18. The SMILES string of the molecule is CC(C)(C)OC(=O)c1c(OCc2ccccc2)ccnc1NN. The zero-order valence-electron chi connectivity index (χ0n) is 13.5. The number of benzene rings is 1. The van der Waals surface area contributed by atoms with E-state index in [9.17, 15) is 4.79 Å². The van der Waals surface area contributed by atoms with Gasteiger partial charge in [-0.3, -0.25) is 0 Å². The first kappa shape index (κ1) is 16.8. The zero-order chi connectivity index (χ0) is 16.9. The molecule has 23 heavy (non-hydrogen) atoms. The van der Waals surface area contributed by atoms with Gasteiger partial charge in [0.25, 0.3) is 0 Å². The minimum absolute atomic E-state index is 0.181. The standard InChI is InChI=1S/C17H21N3O3/c1-17(2,3)23-16(21)14-13(9-10-19-15(14)20-18)22-11-12-7-5-4-6-8-12/h4-10H,11,18H2,1-3H3,(H,19,20). The molecule has 0 saturated carbocycles. The summed E-state index contributed by atoms with van der Waals surface area (Å²) in [6.45, 7) is 5.70. The fourth-order valence-electron chi connectivity index (χ4n) is 1.94. The summed E-state index contributed by atoms with van der Waals surface area (Å²) in [6.07, 6.45) is 1.52. The molecule has 0 amide bonds. The van der Waals surface area contributed by atoms with Gasteiger partial charge in [0.05, 0.1) is 0 Å². The molecule has 0 saturated heterocycles. The molecular weight excluding hydrogens is 294 g/mol. The molecule has 0 aliphatic heterocycles. The predicted molar refractivity (Wildman–Crippen MR) is 88.0 cm³/mol. The number of carbonyl (C=O) groups excluding carboxylic acids is 1. The summed E-state index contributed by atoms with van der Waals surface area (Å²) in [7, 11) is 0. The monoisotopic (exact) mass is 315 g/mol. The number of ether oxygens (including phenoxy) is 2. The normalized spacial score (nSPS) is 11.0. The number of nitrogens with zero attached hydrogens (tertiary/aromatic N) is 1. The van der Waals surface area contributed by atoms with Gasteiger partial charge >= 0.3 is 5.97 Å². The third kappa shape index (κ3) is 4.69. The number of esters is 1. The average molecular weight is 315 g/mol. The Morgan fingerprint density at radius 3 is 2.52 bits per heavy atom. The van der Waals surface area contributed by atoms with Crippen molar-refractivity contribution >= 4 is 11.8 Å². The molecule has 0 unspecified atom stereocenters. The predicted octanol–water partition coefficient (Wildman–Crippen LogP) is 2.90. The highest BCUT2D eigenvalue weighted by Crippen LogP contribution is 2.27. The Bertz CT molecular complexity index is 667. The lowest BCUT2D eigenvalue weighted by Gasteiger charge is -2.21. The summed E-state index contributed by atoms with van der Waals surface area (Å²) in [4.78, 5) is 16.5. The van der Waals surface area contributed by atoms with Crippen LogP contribution in [0.3, 0.4) is 0 Å². The van der Waals surface area contributed by atoms with Crippen LogP contribution in [0.15, 0.2) is 42.6 Å². The number of nitrogens with one attached hydrogen (secondary N) is 1. The Morgan fingerprint density at radius 2 is 1.91 bits per heavy atom. The maximum atomic E-state index is 12.4. The number of nitrogen functional groups attached to an aromatic ring is 1. The van der Waals surface area contributed by atoms with Gasteiger partial charge in [0.2, 0.25) is 0 Å². The second-order valence-corrected chi connectivity index (χ2v) is 5.95. The van der Waals surface area contributed by atoms with E-state index in [1.165, 1.54) is 6.20 Å². The van der Waals surface area contributed by atoms with Crippen molar-refractivity contribution in [3.63, 3.8) is 0 Å². The van der Waals surface area contributed by atoms with Gasteiger partial charge in [0.1, 0.15) is 23.5 Å². The number of carbonyl (C=O) groups is 1. The quantitative estimate of drug-likeness (QED) is 0.501. The molecule has 3 N–H and O–H groups in total. The number of nitrogens with two attached hydrogens (primary N) is 1. The van der Waals surface area contributed by atoms with E-state index in [0.717, 1.165) is 5.56 Å². The number of anilines is 1. The molecule has 0 aliphatic rings. The molecule has 122 valence electrons. The fraction of sp³-hybridized carbons (Fsp3) is 0.294. The summed E-state index contributed by atoms with van der Waals surface area (Å²) in [6, 6.07) is 11.3. The number of rotatable bonds is 5. The van der Waals surface area contributed by atoms with Gasteiger partial charge in [-0.25, -0.2) is 15.6 Å². The van der Waals surface area contributed by atoms with Crippen LogP contribution in [0, 0.1) is 0 Å². The highest BCUT2D eigenvalue weighted by Gasteiger charge is 2.25. The van der Waals surface area contributed by atoms with E-state index >= 15 is 0 Å². The van der Waals surface area contributed by atoms with Crippen molar-refractivity contribution in [2.75, 3.05) is 5.43 Å². The van der Waals surface area contributed by atoms with Crippen LogP contribution in [0.2, 0.25) is 0 Å². The van der Waals surface area contributed by atoms with E-state index in [1.54, 1.807) is 26.8 Å². The van der Waals surface area contributed by atoms with Crippen LogP contribution in [0.25, 0.3) is 0 Å². The molecule has 6 heteroatoms. The second kappa shape index (κ2) is 7.11. The second-order valence-electron chi connectivity index (χ2n) is 5.95. The summed E-state index contributed by atoms with van der Waals surface area (Å²) < 4.78 is 11.2. The molecule has 0 atom stereocenters. The summed E-state index contributed by atoms with van der Waals surface area (Å²) in [5, 5.41) is 0. The Morgan fingerprint density at radius 1 is 1.22 bits per heavy atom. The van der Waals surface area contributed by atoms with E-state index in [1.807, 2.05) is 30.3 Å². The molecule has 0 bridgehead atoms. The Balaban J connectivity index is 2.26. The number of hydrogen-bond donors (Lipinski definition) is 2. The summed E-state index contributed by atoms with van der Waals surface area (Å²) in [5.41, 5.74) is 2.95. The van der Waals surface area contributed by atoms with Crippen molar-refractivity contribution in [3.05, 3.63) is 53.7 Å². The van der Waals surface area contributed by atoms with Gasteiger partial charge in [0, 0.05) is 6.20 Å². The van der Waals surface area contributed by atoms with Crippen LogP contribution >= 0.6 is 0 Å². The maximum Gasteiger partial charge on any atom is 0.346 e. The van der Waals surface area contributed by atoms with Crippen LogP contribution in [0.5, 0.6) is 5.75 Å². The number of hydrazine groups is 1. The molecule has 0 spiro atoms. The number of pyridine rings is 1. The van der Waals surface area contributed by atoms with E-state index in [0.29, 0.717) is 12.4 Å². The van der Waals surface area contributed by atoms with Crippen LogP contribution in [-0.4, -0.2) is 16.6 Å². The number of hydrogen-bond acceptors (Lipinski definition) is 6. The average Bonchev–Trinajstić information content (AvgIpc) is 2.51. The minimum Gasteiger partial charge on any atom is -0.488 e. The highest BCUT2D eigenvalue weighted by atomic mass is 16.6. The van der Waals surface area contributed by atoms with Gasteiger partial charge in [-0.15, -0.1) is 0 Å². The van der Waals surface area contributed by atoms with Crippen LogP contribution in [0.1, 0.15) is 36.7 Å². The largest absolute Gasteiger partial charge is 0.488 e. The fourth-order valence-corrected chi connectivity index (χ4v) is 1.94. The lowest BCUT2D eigenvalue weighted by Crippen LogP contribution is -2.26. The van der Waals surface area contributed by atoms with Crippen molar-refractivity contribution in [1.82, 2.24) is 4.98 Å². The summed E-state index contributed by atoms with van der Waals surface area (Å²) in [5.74, 6) is 5.49. The van der Waals surface area contributed by atoms with Gasteiger partial charge in [-0.2, -0.15) is 0 Å². The highest BCUT2D eigenvalue weighted by molar-refractivity contribution is 5.97. The van der Waals surface area contributed by atoms with Crippen LogP contribution in [-0.2, 0) is 11.3 Å². The first-order valence-corrected chi connectivity index (χ1v) is 7.26. The Labute approximate surface area is 135 Å². The first-order valence-electron chi connectivity index (χ1n) is 7.26. The lowest BCUT2D eigenvalue weighted by atomic mass is 10.1. The van der Waals surface area contributed by atoms with Crippen molar-refractivity contribution in [2.45, 2.75) is 33.0 Å². The minimum atomic E-state index is -0.629. The molecule has 0 radical (unpaired) electrons. The molecule has 1 heterocycles. The molecule has 6 nitrogen and oxygen atoms in total. The van der Waals surface area contributed by atoms with E-state index in [-0.39, 0.29) is 11.4 Å². The topological polar surface area (TPSA) is 86.5 Å². The van der Waals surface area contributed by atoms with Crippen molar-refractivity contribution in [1.29, 1.82) is 0 Å². The molecular formula is C17H21N3O3. The van der Waals surface area contributed by atoms with E-state index < -0.39 is 11.6 Å². The molecule has 2 rings (SSSR count). The maximum absolute atomic E-state index is 12.4. The van der Waals surface area contributed by atoms with Crippen LogP contribution in [0.4, 0.5) is 5.82 Å². The van der Waals surface area contributed by atoms with Gasteiger partial charge in [0.15, 0.2) is 5.82 Å². The molecule has 0 fully saturated rings. The molecule has 2 aromatic rings.